The van der Waals surface area contributed by atoms with Crippen molar-refractivity contribution in [2.45, 2.75) is 57.3 Å². The first-order valence-corrected chi connectivity index (χ1v) is 23.4. The van der Waals surface area contributed by atoms with Crippen LogP contribution in [0.3, 0.4) is 0 Å². The monoisotopic (exact) mass is 1040 g/mol. The number of thiophene rings is 2. The normalized spacial score (nSPS) is 17.2. The molecule has 0 radical (unpaired) electrons. The van der Waals surface area contributed by atoms with Crippen molar-refractivity contribution < 1.29 is 93.2 Å². The van der Waals surface area contributed by atoms with Crippen LogP contribution in [0.4, 0.5) is 26.3 Å². The van der Waals surface area contributed by atoms with Gasteiger partial charge in [0, 0.05) is 56.3 Å². The topological polar surface area (TPSA) is 183 Å². The van der Waals surface area contributed by atoms with Crippen LogP contribution in [-0.4, -0.2) is 130 Å². The maximum Gasteiger partial charge on any atom is 0.380 e. The van der Waals surface area contributed by atoms with Gasteiger partial charge >= 0.3 is 29.7 Å². The van der Waals surface area contributed by atoms with E-state index in [4.69, 9.17) is 38.1 Å². The maximum atomic E-state index is 15.9. The van der Waals surface area contributed by atoms with Gasteiger partial charge in [-0.15, -0.1) is 32.8 Å². The van der Waals surface area contributed by atoms with E-state index in [0.717, 1.165) is 22.7 Å². The van der Waals surface area contributed by atoms with E-state index in [0.29, 0.717) is 42.5 Å². The smallest absolute Gasteiger partial charge is 0.380 e. The van der Waals surface area contributed by atoms with Gasteiger partial charge in [0.2, 0.25) is 0 Å². The Hall–Kier alpha value is -6.18. The van der Waals surface area contributed by atoms with Gasteiger partial charge in [-0.3, -0.25) is 19.2 Å². The number of hydrogen-bond donors (Lipinski definition) is 0. The van der Waals surface area contributed by atoms with Crippen LogP contribution in [0.15, 0.2) is 60.7 Å². The molecular weight excluding hydrogens is 995 g/mol. The second-order valence-electron chi connectivity index (χ2n) is 15.8. The van der Waals surface area contributed by atoms with Crippen molar-refractivity contribution in [2.75, 3.05) is 66.1 Å². The second kappa shape index (κ2) is 22.5. The number of allylic oxidation sites excluding steroid dienone is 2. The number of ether oxygens (including phenoxy) is 6. The Morgan fingerprint density at radius 3 is 1.18 bits per heavy atom. The summed E-state index contributed by atoms with van der Waals surface area (Å²) in [6, 6.07) is 15.1. The first kappa shape index (κ1) is 52.6. The fourth-order valence-electron chi connectivity index (χ4n) is 7.37. The summed E-state index contributed by atoms with van der Waals surface area (Å²) in [5.41, 5.74) is -2.80. The summed E-state index contributed by atoms with van der Waals surface area (Å²) in [4.78, 5) is 80.1. The van der Waals surface area contributed by atoms with Gasteiger partial charge in [0.25, 0.3) is 23.6 Å². The molecule has 2 aromatic carbocycles. The lowest BCUT2D eigenvalue weighted by Crippen LogP contribution is -2.48. The van der Waals surface area contributed by atoms with E-state index in [1.54, 1.807) is 48.5 Å². The molecule has 3 aliphatic rings. The van der Waals surface area contributed by atoms with Gasteiger partial charge < -0.3 is 38.1 Å². The van der Waals surface area contributed by atoms with E-state index in [1.165, 1.54) is 26.0 Å². The van der Waals surface area contributed by atoms with E-state index in [9.17, 15) is 28.8 Å². The summed E-state index contributed by atoms with van der Waals surface area (Å²) in [6.07, 6.45) is -0.139. The Morgan fingerprint density at radius 1 is 0.507 bits per heavy atom. The molecule has 0 bridgehead atoms. The number of alkyl halides is 6. The lowest BCUT2D eigenvalue weighted by molar-refractivity contribution is -0.254. The molecule has 2 fully saturated rings. The number of imide groups is 2. The lowest BCUT2D eigenvalue weighted by Gasteiger charge is -2.25. The Labute approximate surface area is 408 Å². The van der Waals surface area contributed by atoms with Crippen LogP contribution in [0.2, 0.25) is 0 Å². The number of benzene rings is 2. The molecule has 0 atom stereocenters. The molecule has 71 heavy (non-hydrogen) atoms. The number of hydroxylamine groups is 4. The molecule has 0 N–H and O–H groups in total. The number of carbonyl (C=O) groups excluding carboxylic acids is 6. The highest BCUT2D eigenvalue weighted by Crippen LogP contribution is 2.66. The van der Waals surface area contributed by atoms with Gasteiger partial charge in [0.05, 0.1) is 39.6 Å². The van der Waals surface area contributed by atoms with Crippen molar-refractivity contribution in [3.05, 3.63) is 81.5 Å². The zero-order valence-electron chi connectivity index (χ0n) is 37.9. The fourth-order valence-corrected chi connectivity index (χ4v) is 9.43. The van der Waals surface area contributed by atoms with Gasteiger partial charge in [-0.25, -0.2) is 9.59 Å². The zero-order valence-corrected chi connectivity index (χ0v) is 39.5. The number of rotatable bonds is 24. The number of aryl methyl sites for hydroxylation is 2. The minimum atomic E-state index is -5.75. The average molecular weight is 1040 g/mol. The molecule has 0 unspecified atom stereocenters. The number of nitrogens with zero attached hydrogens (tertiary/aromatic N) is 2. The van der Waals surface area contributed by atoms with E-state index in [-0.39, 0.29) is 88.3 Å². The molecule has 0 spiro atoms. The molecule has 0 saturated carbocycles. The summed E-state index contributed by atoms with van der Waals surface area (Å²) >= 11 is 1.95. The van der Waals surface area contributed by atoms with Crippen LogP contribution < -0.4 is 9.47 Å². The van der Waals surface area contributed by atoms with Crippen LogP contribution >= 0.6 is 22.7 Å². The number of amides is 4. The third-order valence-electron chi connectivity index (χ3n) is 10.9. The summed E-state index contributed by atoms with van der Waals surface area (Å²) < 4.78 is 127. The molecule has 2 aromatic heterocycles. The highest BCUT2D eigenvalue weighted by atomic mass is 32.1. The molecule has 7 rings (SSSR count). The van der Waals surface area contributed by atoms with Gasteiger partial charge in [0.1, 0.15) is 37.9 Å². The molecule has 380 valence electrons. The van der Waals surface area contributed by atoms with Crippen LogP contribution in [0.25, 0.3) is 32.0 Å². The second-order valence-corrected chi connectivity index (χ2v) is 18.3. The quantitative estimate of drug-likeness (QED) is 0.0379. The van der Waals surface area contributed by atoms with E-state index < -0.39 is 88.8 Å². The average Bonchev–Trinajstić information content (AvgIpc) is 4.10. The van der Waals surface area contributed by atoms with Crippen molar-refractivity contribution in [3.8, 4) is 32.4 Å². The fraction of sp³-hybridized carbons (Fsp3) is 0.404. The van der Waals surface area contributed by atoms with Crippen LogP contribution in [-0.2, 0) is 57.4 Å². The molecule has 4 heterocycles. The highest BCUT2D eigenvalue weighted by molar-refractivity contribution is 7.16. The minimum absolute atomic E-state index is 0.00272. The summed E-state index contributed by atoms with van der Waals surface area (Å²) in [5, 5.41) is 0.833. The molecule has 2 aliphatic heterocycles. The SMILES string of the molecule is Cc1sc(-c2ccc(OCCOCCOCC(=O)ON3C(=O)CCC3=O)cc2)cc1C1=C(c2cc(-c3ccc(OCCOCCOCC(=O)ON4C(=O)CCC4=O)cc3)sc2C)C(F)(F)C(F)(F)C1(F)F. The van der Waals surface area contributed by atoms with Gasteiger partial charge in [-0.2, -0.15) is 26.3 Å². The van der Waals surface area contributed by atoms with Crippen LogP contribution in [0, 0.1) is 13.8 Å². The molecule has 4 amide bonds. The van der Waals surface area contributed by atoms with Crippen molar-refractivity contribution in [3.63, 3.8) is 0 Å². The van der Waals surface area contributed by atoms with E-state index >= 15 is 26.3 Å². The molecule has 4 aromatic rings. The van der Waals surface area contributed by atoms with Gasteiger partial charge in [-0.05, 0) is 96.8 Å². The Bertz CT molecular complexity index is 2460. The van der Waals surface area contributed by atoms with Crippen LogP contribution in [0.1, 0.15) is 46.6 Å². The van der Waals surface area contributed by atoms with Crippen molar-refractivity contribution >= 4 is 69.4 Å². The lowest BCUT2D eigenvalue weighted by atomic mass is 9.94. The number of halogens is 6. The molecular formula is C47H44F6N2O14S2. The maximum absolute atomic E-state index is 15.9. The Morgan fingerprint density at radius 2 is 0.831 bits per heavy atom. The van der Waals surface area contributed by atoms with E-state index in [1.807, 2.05) is 0 Å². The summed E-state index contributed by atoms with van der Waals surface area (Å²) in [5.74, 6) is -19.7. The zero-order chi connectivity index (χ0) is 51.1. The number of hydrogen-bond acceptors (Lipinski definition) is 16. The highest BCUT2D eigenvalue weighted by Gasteiger charge is 2.80. The largest absolute Gasteiger partial charge is 0.491 e. The Balaban J connectivity index is 0.915. The summed E-state index contributed by atoms with van der Waals surface area (Å²) in [7, 11) is 0. The summed E-state index contributed by atoms with van der Waals surface area (Å²) in [6.45, 7) is 2.35. The Kier molecular flexibility index (Phi) is 16.7. The number of carbonyl (C=O) groups is 6. The molecule has 2 saturated heterocycles. The van der Waals surface area contributed by atoms with Crippen molar-refractivity contribution in [2.24, 2.45) is 0 Å². The van der Waals surface area contributed by atoms with Crippen LogP contribution in [0.5, 0.6) is 11.5 Å². The predicted molar refractivity (Wildman–Crippen MR) is 239 cm³/mol. The standard InChI is InChI=1S/C47H44F6N2O14S2/c1-27-33(23-35(70-27)29-3-7-31(8-4-29)66-21-19-62-15-17-64-25-41(60)68-54-37(56)11-12-38(54)57)43-44(46(50,51)47(52,53)45(43,48)49)34-24-36(71-28(34)2)30-5-9-32(10-6-30)67-22-20-63-16-18-65-26-42(61)69-55-39(58)13-14-40(55)59/h3-10,23-24H,11-22,25-26H2,1-2H3. The molecule has 24 heteroatoms. The third-order valence-corrected chi connectivity index (χ3v) is 13.1. The van der Waals surface area contributed by atoms with E-state index in [2.05, 4.69) is 0 Å². The first-order chi connectivity index (χ1) is 33.8. The van der Waals surface area contributed by atoms with Crippen molar-refractivity contribution in [1.29, 1.82) is 0 Å². The predicted octanol–water partition coefficient (Wildman–Crippen LogP) is 7.63. The minimum Gasteiger partial charge on any atom is -0.491 e. The molecule has 16 nitrogen and oxygen atoms in total. The van der Waals surface area contributed by atoms with Gasteiger partial charge in [-0.1, -0.05) is 0 Å². The third kappa shape index (κ3) is 11.8. The van der Waals surface area contributed by atoms with Gasteiger partial charge in [0.15, 0.2) is 0 Å². The van der Waals surface area contributed by atoms with Crippen molar-refractivity contribution in [1.82, 2.24) is 10.1 Å². The molecule has 1 aliphatic carbocycles. The first-order valence-electron chi connectivity index (χ1n) is 21.8.